The topological polar surface area (TPSA) is 18.5 Å². The van der Waals surface area contributed by atoms with Crippen molar-refractivity contribution in [2.45, 2.75) is 6.92 Å². The number of benzene rings is 7. The average Bonchev–Trinajstić information content (AvgIpc) is 3.13. The fourth-order valence-corrected chi connectivity index (χ4v) is 12.6. The summed E-state index contributed by atoms with van der Waals surface area (Å²) in [6, 6.07) is 61.7. The SMILES string of the molecule is Cc1cccc([Si](c2ccccc2)(c2ccccc2)c2cccc(-c3cc4c5c(c3)Oc3ccccc3B5c3ccccc3O4)c2)c1. The van der Waals surface area contributed by atoms with Crippen LogP contribution in [0.4, 0.5) is 0 Å². The van der Waals surface area contributed by atoms with Crippen LogP contribution in [-0.2, 0) is 0 Å². The summed E-state index contributed by atoms with van der Waals surface area (Å²) in [6.07, 6.45) is 0. The molecule has 2 aliphatic rings. The number of para-hydroxylation sites is 2. The third-order valence-electron chi connectivity index (χ3n) is 9.79. The van der Waals surface area contributed by atoms with Gasteiger partial charge in [-0.1, -0.05) is 151 Å². The summed E-state index contributed by atoms with van der Waals surface area (Å²) >= 11 is 0. The van der Waals surface area contributed by atoms with E-state index in [-0.39, 0.29) is 6.71 Å². The van der Waals surface area contributed by atoms with Crippen LogP contribution >= 0.6 is 0 Å². The second-order valence-corrected chi connectivity index (χ2v) is 16.3. The Morgan fingerprint density at radius 3 is 1.47 bits per heavy atom. The maximum absolute atomic E-state index is 6.65. The molecule has 0 saturated heterocycles. The van der Waals surface area contributed by atoms with Gasteiger partial charge in [-0.3, -0.25) is 0 Å². The highest BCUT2D eigenvalue weighted by Gasteiger charge is 2.42. The molecule has 0 saturated carbocycles. The van der Waals surface area contributed by atoms with E-state index in [1.165, 1.54) is 37.2 Å². The van der Waals surface area contributed by atoms with E-state index in [2.05, 4.69) is 165 Å². The highest BCUT2D eigenvalue weighted by Crippen LogP contribution is 2.38. The van der Waals surface area contributed by atoms with Gasteiger partial charge in [0.1, 0.15) is 23.0 Å². The lowest BCUT2D eigenvalue weighted by Crippen LogP contribution is -2.74. The van der Waals surface area contributed by atoms with Gasteiger partial charge in [0.15, 0.2) is 8.07 Å². The zero-order valence-electron chi connectivity index (χ0n) is 26.1. The van der Waals surface area contributed by atoms with Crippen LogP contribution in [0.1, 0.15) is 5.56 Å². The van der Waals surface area contributed by atoms with E-state index < -0.39 is 8.07 Å². The minimum atomic E-state index is -2.70. The predicted octanol–water partition coefficient (Wildman–Crippen LogP) is 5.77. The molecular formula is C43H31BO2Si. The molecule has 2 aliphatic heterocycles. The molecule has 0 unspecified atom stereocenters. The standard InChI is InChI=1S/C43H31BO2Si/c1-30-14-12-20-35(26-30)47(33-16-4-2-5-17-33,34-18-6-3-7-19-34)36-21-13-15-31(27-36)32-28-41-43-42(29-32)46-40-25-11-9-23-38(40)44(43)37-22-8-10-24-39(37)45-41/h2-29H,1H3. The molecule has 222 valence electrons. The molecule has 0 aromatic heterocycles. The Hall–Kier alpha value is -5.58. The first kappa shape index (κ1) is 27.7. The Kier molecular flexibility index (Phi) is 6.51. The Bertz CT molecular complexity index is 2170. The van der Waals surface area contributed by atoms with Crippen molar-refractivity contribution in [3.05, 3.63) is 175 Å². The summed E-state index contributed by atoms with van der Waals surface area (Å²) in [5, 5.41) is 5.42. The molecular weight excluding hydrogens is 587 g/mol. The molecule has 2 heterocycles. The van der Waals surface area contributed by atoms with Crippen molar-refractivity contribution in [3.63, 3.8) is 0 Å². The maximum Gasteiger partial charge on any atom is 0.260 e. The average molecular weight is 619 g/mol. The number of ether oxygens (including phenoxy) is 2. The van der Waals surface area contributed by atoms with Gasteiger partial charge < -0.3 is 9.47 Å². The van der Waals surface area contributed by atoms with Crippen molar-refractivity contribution in [2.24, 2.45) is 0 Å². The molecule has 0 radical (unpaired) electrons. The van der Waals surface area contributed by atoms with Gasteiger partial charge in [-0.05, 0) is 74.0 Å². The molecule has 47 heavy (non-hydrogen) atoms. The van der Waals surface area contributed by atoms with Crippen LogP contribution in [-0.4, -0.2) is 14.8 Å². The molecule has 0 amide bonds. The van der Waals surface area contributed by atoms with Gasteiger partial charge in [-0.25, -0.2) is 0 Å². The zero-order chi connectivity index (χ0) is 31.4. The summed E-state index contributed by atoms with van der Waals surface area (Å²) < 4.78 is 13.3. The first-order valence-electron chi connectivity index (χ1n) is 16.2. The Labute approximate surface area is 277 Å². The number of hydrogen-bond acceptors (Lipinski definition) is 2. The number of fused-ring (bicyclic) bond motifs is 4. The predicted molar refractivity (Wildman–Crippen MR) is 198 cm³/mol. The van der Waals surface area contributed by atoms with E-state index in [1.54, 1.807) is 0 Å². The Balaban J connectivity index is 1.27. The summed E-state index contributed by atoms with van der Waals surface area (Å²) in [7, 11) is -2.70. The van der Waals surface area contributed by atoms with Crippen LogP contribution in [0.2, 0.25) is 0 Å². The van der Waals surface area contributed by atoms with Crippen molar-refractivity contribution in [3.8, 4) is 34.1 Å². The zero-order valence-corrected chi connectivity index (χ0v) is 27.1. The van der Waals surface area contributed by atoms with Crippen LogP contribution in [0, 0.1) is 6.92 Å². The highest BCUT2D eigenvalue weighted by atomic mass is 28.3. The van der Waals surface area contributed by atoms with Crippen LogP contribution in [0.3, 0.4) is 0 Å². The molecule has 7 aromatic rings. The summed E-state index contributed by atoms with van der Waals surface area (Å²) in [5.41, 5.74) is 6.92. The van der Waals surface area contributed by atoms with Gasteiger partial charge in [0.25, 0.3) is 6.71 Å². The normalized spacial score (nSPS) is 12.7. The molecule has 0 bridgehead atoms. The molecule has 0 aliphatic carbocycles. The Morgan fingerprint density at radius 2 is 0.894 bits per heavy atom. The van der Waals surface area contributed by atoms with E-state index in [0.29, 0.717) is 0 Å². The van der Waals surface area contributed by atoms with Gasteiger partial charge in [-0.2, -0.15) is 0 Å². The first-order chi connectivity index (χ1) is 23.2. The maximum atomic E-state index is 6.65. The molecule has 0 atom stereocenters. The van der Waals surface area contributed by atoms with Crippen molar-refractivity contribution in [1.29, 1.82) is 0 Å². The summed E-state index contributed by atoms with van der Waals surface area (Å²) in [5.74, 6) is 3.51. The van der Waals surface area contributed by atoms with Crippen LogP contribution < -0.4 is 46.6 Å². The fourth-order valence-electron chi connectivity index (χ4n) is 7.75. The van der Waals surface area contributed by atoms with E-state index >= 15 is 0 Å². The minimum absolute atomic E-state index is 0.0628. The van der Waals surface area contributed by atoms with Crippen molar-refractivity contribution < 1.29 is 9.47 Å². The highest BCUT2D eigenvalue weighted by molar-refractivity contribution is 7.20. The molecule has 7 aromatic carbocycles. The third kappa shape index (κ3) is 4.40. The Morgan fingerprint density at radius 1 is 0.404 bits per heavy atom. The molecule has 9 rings (SSSR count). The van der Waals surface area contributed by atoms with E-state index in [0.717, 1.165) is 39.6 Å². The molecule has 0 spiro atoms. The first-order valence-corrected chi connectivity index (χ1v) is 18.2. The molecule has 0 fully saturated rings. The van der Waals surface area contributed by atoms with Crippen LogP contribution in [0.5, 0.6) is 23.0 Å². The molecule has 2 nitrogen and oxygen atoms in total. The number of aryl methyl sites for hydroxylation is 1. The lowest BCUT2D eigenvalue weighted by atomic mass is 9.35. The largest absolute Gasteiger partial charge is 0.458 e. The number of hydrogen-bond donors (Lipinski definition) is 0. The smallest absolute Gasteiger partial charge is 0.260 e. The van der Waals surface area contributed by atoms with Crippen LogP contribution in [0.25, 0.3) is 11.1 Å². The van der Waals surface area contributed by atoms with E-state index in [9.17, 15) is 0 Å². The summed E-state index contributed by atoms with van der Waals surface area (Å²) in [6.45, 7) is 2.25. The fraction of sp³-hybridized carbons (Fsp3) is 0.0233. The van der Waals surface area contributed by atoms with Gasteiger partial charge in [-0.15, -0.1) is 0 Å². The van der Waals surface area contributed by atoms with Crippen molar-refractivity contribution in [2.75, 3.05) is 0 Å². The van der Waals surface area contributed by atoms with Gasteiger partial charge in [0, 0.05) is 5.46 Å². The number of rotatable bonds is 5. The van der Waals surface area contributed by atoms with Gasteiger partial charge in [0.05, 0.1) is 0 Å². The van der Waals surface area contributed by atoms with Gasteiger partial charge in [0.2, 0.25) is 0 Å². The van der Waals surface area contributed by atoms with Crippen molar-refractivity contribution >= 4 is 51.9 Å². The molecule has 0 N–H and O–H groups in total. The van der Waals surface area contributed by atoms with Crippen molar-refractivity contribution in [1.82, 2.24) is 0 Å². The second-order valence-electron chi connectivity index (χ2n) is 12.5. The monoisotopic (exact) mass is 618 g/mol. The van der Waals surface area contributed by atoms with Gasteiger partial charge >= 0.3 is 0 Å². The van der Waals surface area contributed by atoms with E-state index in [4.69, 9.17) is 9.47 Å². The quantitative estimate of drug-likeness (QED) is 0.180. The third-order valence-corrected chi connectivity index (χ3v) is 14.5. The van der Waals surface area contributed by atoms with Crippen LogP contribution in [0.15, 0.2) is 170 Å². The second kappa shape index (κ2) is 11.0. The lowest BCUT2D eigenvalue weighted by Gasteiger charge is -2.35. The summed E-state index contributed by atoms with van der Waals surface area (Å²) in [4.78, 5) is 0. The minimum Gasteiger partial charge on any atom is -0.458 e. The molecule has 4 heteroatoms. The van der Waals surface area contributed by atoms with E-state index in [1.807, 2.05) is 12.1 Å². The lowest BCUT2D eigenvalue weighted by molar-refractivity contribution is 0.465.